The number of ether oxygens (including phenoxy) is 1. The van der Waals surface area contributed by atoms with Crippen LogP contribution >= 0.6 is 39.1 Å². The van der Waals surface area contributed by atoms with Crippen molar-refractivity contribution in [3.63, 3.8) is 0 Å². The molecule has 1 nitrogen and oxygen atoms in total. The first-order valence-electron chi connectivity index (χ1n) is 4.74. The van der Waals surface area contributed by atoms with Crippen LogP contribution in [0, 0.1) is 6.92 Å². The third-order valence-corrected chi connectivity index (χ3v) is 3.73. The van der Waals surface area contributed by atoms with E-state index in [-0.39, 0.29) is 5.38 Å². The standard InChI is InChI=1S/C11H13BrCl2O/c1-4-15-11-8(7(3)13)5-9(14)6(2)10(11)12/h5,7H,4H2,1-3H3/t7-/m1/s1. The third kappa shape index (κ3) is 2.80. The molecule has 0 aliphatic rings. The molecule has 0 radical (unpaired) electrons. The van der Waals surface area contributed by atoms with E-state index in [0.717, 1.165) is 21.3 Å². The lowest BCUT2D eigenvalue weighted by atomic mass is 10.1. The molecule has 0 spiro atoms. The van der Waals surface area contributed by atoms with Gasteiger partial charge in [-0.1, -0.05) is 11.6 Å². The molecule has 0 aromatic heterocycles. The molecule has 0 N–H and O–H groups in total. The highest BCUT2D eigenvalue weighted by molar-refractivity contribution is 9.10. The number of rotatable bonds is 3. The van der Waals surface area contributed by atoms with Gasteiger partial charge in [-0.25, -0.2) is 0 Å². The molecule has 0 aliphatic carbocycles. The van der Waals surface area contributed by atoms with Crippen molar-refractivity contribution < 1.29 is 4.74 Å². The van der Waals surface area contributed by atoms with E-state index in [9.17, 15) is 0 Å². The fourth-order valence-electron chi connectivity index (χ4n) is 1.30. The van der Waals surface area contributed by atoms with E-state index in [1.54, 1.807) is 0 Å². The molecule has 0 bridgehead atoms. The van der Waals surface area contributed by atoms with Gasteiger partial charge in [0.25, 0.3) is 0 Å². The maximum Gasteiger partial charge on any atom is 0.138 e. The Kier molecular flexibility index (Phi) is 4.75. The molecule has 1 aromatic rings. The van der Waals surface area contributed by atoms with Gasteiger partial charge in [0.2, 0.25) is 0 Å². The lowest BCUT2D eigenvalue weighted by Gasteiger charge is -2.16. The van der Waals surface area contributed by atoms with E-state index in [1.807, 2.05) is 26.8 Å². The van der Waals surface area contributed by atoms with Gasteiger partial charge in [0.1, 0.15) is 5.75 Å². The molecule has 15 heavy (non-hydrogen) atoms. The van der Waals surface area contributed by atoms with Crippen LogP contribution in [0.2, 0.25) is 5.02 Å². The third-order valence-electron chi connectivity index (χ3n) is 2.15. The molecule has 0 fully saturated rings. The lowest BCUT2D eigenvalue weighted by Crippen LogP contribution is -2.00. The highest BCUT2D eigenvalue weighted by atomic mass is 79.9. The van der Waals surface area contributed by atoms with E-state index in [4.69, 9.17) is 27.9 Å². The number of alkyl halides is 1. The van der Waals surface area contributed by atoms with Crippen LogP contribution in [0.25, 0.3) is 0 Å². The fourth-order valence-corrected chi connectivity index (χ4v) is 2.34. The van der Waals surface area contributed by atoms with Crippen molar-refractivity contribution in [2.75, 3.05) is 6.61 Å². The van der Waals surface area contributed by atoms with Crippen molar-refractivity contribution in [3.05, 3.63) is 26.7 Å². The Labute approximate surface area is 109 Å². The van der Waals surface area contributed by atoms with Gasteiger partial charge in [-0.2, -0.15) is 0 Å². The Balaban J connectivity index is 3.36. The van der Waals surface area contributed by atoms with Crippen molar-refractivity contribution in [1.82, 2.24) is 0 Å². The van der Waals surface area contributed by atoms with Crippen LogP contribution in [0.15, 0.2) is 10.5 Å². The van der Waals surface area contributed by atoms with Gasteiger partial charge < -0.3 is 4.74 Å². The fraction of sp³-hybridized carbons (Fsp3) is 0.455. The van der Waals surface area contributed by atoms with Gasteiger partial charge in [-0.05, 0) is 48.3 Å². The maximum absolute atomic E-state index is 6.09. The van der Waals surface area contributed by atoms with E-state index in [1.165, 1.54) is 0 Å². The van der Waals surface area contributed by atoms with Crippen molar-refractivity contribution in [3.8, 4) is 5.75 Å². The average Bonchev–Trinajstić information content (AvgIpc) is 2.18. The smallest absolute Gasteiger partial charge is 0.138 e. The first-order chi connectivity index (χ1) is 6.99. The van der Waals surface area contributed by atoms with Gasteiger partial charge in [0.15, 0.2) is 0 Å². The summed E-state index contributed by atoms with van der Waals surface area (Å²) in [6, 6.07) is 1.87. The van der Waals surface area contributed by atoms with Crippen LogP contribution in [0.3, 0.4) is 0 Å². The lowest BCUT2D eigenvalue weighted by molar-refractivity contribution is 0.334. The Morgan fingerprint density at radius 2 is 2.13 bits per heavy atom. The highest BCUT2D eigenvalue weighted by Crippen LogP contribution is 2.41. The molecule has 0 saturated heterocycles. The average molecular weight is 312 g/mol. The summed E-state index contributed by atoms with van der Waals surface area (Å²) in [5.41, 5.74) is 1.89. The second-order valence-corrected chi connectivity index (χ2v) is 5.12. The molecule has 0 aliphatic heterocycles. The Hall–Kier alpha value is 0.0800. The van der Waals surface area contributed by atoms with E-state index < -0.39 is 0 Å². The first-order valence-corrected chi connectivity index (χ1v) is 6.35. The molecule has 0 amide bonds. The summed E-state index contributed by atoms with van der Waals surface area (Å²) in [5.74, 6) is 0.793. The summed E-state index contributed by atoms with van der Waals surface area (Å²) in [4.78, 5) is 0. The quantitative estimate of drug-likeness (QED) is 0.705. The molecule has 0 heterocycles. The summed E-state index contributed by atoms with van der Waals surface area (Å²) in [5, 5.41) is 0.578. The summed E-state index contributed by atoms with van der Waals surface area (Å²) >= 11 is 15.7. The van der Waals surface area contributed by atoms with Crippen molar-refractivity contribution in [2.45, 2.75) is 26.1 Å². The SMILES string of the molecule is CCOc1c([C@@H](C)Cl)cc(Cl)c(C)c1Br. The number of benzene rings is 1. The van der Waals surface area contributed by atoms with Gasteiger partial charge in [-0.3, -0.25) is 0 Å². The summed E-state index contributed by atoms with van der Waals surface area (Å²) in [6.45, 7) is 6.39. The molecule has 4 heteroatoms. The van der Waals surface area contributed by atoms with Crippen molar-refractivity contribution >= 4 is 39.1 Å². The zero-order valence-corrected chi connectivity index (χ0v) is 12.0. The minimum atomic E-state index is -0.124. The normalized spacial score (nSPS) is 12.7. The molecule has 1 aromatic carbocycles. The Morgan fingerprint density at radius 1 is 1.53 bits per heavy atom. The Morgan fingerprint density at radius 3 is 2.60 bits per heavy atom. The number of hydrogen-bond acceptors (Lipinski definition) is 1. The summed E-state index contributed by atoms with van der Waals surface area (Å²) in [7, 11) is 0. The largest absolute Gasteiger partial charge is 0.492 e. The predicted molar refractivity (Wildman–Crippen MR) is 69.3 cm³/mol. The van der Waals surface area contributed by atoms with E-state index in [2.05, 4.69) is 15.9 Å². The van der Waals surface area contributed by atoms with Crippen LogP contribution in [0.1, 0.15) is 30.4 Å². The maximum atomic E-state index is 6.09. The highest BCUT2D eigenvalue weighted by Gasteiger charge is 2.17. The number of hydrogen-bond donors (Lipinski definition) is 0. The Bertz CT molecular complexity index is 364. The van der Waals surface area contributed by atoms with Gasteiger partial charge in [-0.15, -0.1) is 11.6 Å². The van der Waals surface area contributed by atoms with Crippen LogP contribution in [0.4, 0.5) is 0 Å². The first kappa shape index (κ1) is 13.1. The monoisotopic (exact) mass is 310 g/mol. The molecule has 1 atom stereocenters. The van der Waals surface area contributed by atoms with Crippen LogP contribution in [-0.2, 0) is 0 Å². The topological polar surface area (TPSA) is 9.23 Å². The van der Waals surface area contributed by atoms with Crippen LogP contribution < -0.4 is 4.74 Å². The van der Waals surface area contributed by atoms with Crippen molar-refractivity contribution in [2.24, 2.45) is 0 Å². The van der Waals surface area contributed by atoms with E-state index in [0.29, 0.717) is 11.6 Å². The van der Waals surface area contributed by atoms with E-state index >= 15 is 0 Å². The summed E-state index contributed by atoms with van der Waals surface area (Å²) < 4.78 is 6.46. The zero-order valence-electron chi connectivity index (χ0n) is 8.90. The van der Waals surface area contributed by atoms with Gasteiger partial charge in [0, 0.05) is 10.6 Å². The van der Waals surface area contributed by atoms with Gasteiger partial charge in [0.05, 0.1) is 16.5 Å². The van der Waals surface area contributed by atoms with Gasteiger partial charge >= 0.3 is 0 Å². The van der Waals surface area contributed by atoms with Crippen LogP contribution in [0.5, 0.6) is 5.75 Å². The molecule has 84 valence electrons. The molecule has 0 saturated carbocycles. The second-order valence-electron chi connectivity index (χ2n) is 3.26. The molecule has 0 unspecified atom stereocenters. The minimum Gasteiger partial charge on any atom is -0.492 e. The van der Waals surface area contributed by atoms with Crippen LogP contribution in [-0.4, -0.2) is 6.61 Å². The molecule has 1 rings (SSSR count). The van der Waals surface area contributed by atoms with Crippen molar-refractivity contribution in [1.29, 1.82) is 0 Å². The molecular formula is C11H13BrCl2O. The molecular weight excluding hydrogens is 299 g/mol. The zero-order chi connectivity index (χ0) is 11.6. The number of halogens is 3. The summed E-state index contributed by atoms with van der Waals surface area (Å²) in [6.07, 6.45) is 0. The minimum absolute atomic E-state index is 0.124. The second kappa shape index (κ2) is 5.42. The predicted octanol–water partition coefficient (Wildman–Crippen LogP) is 5.11.